The standard InChI is InChI=1S/C17H16N2O3/c1-3-12-4-6-13(7-5-12)15-9-8-14(10-18)17(21)19(15)11-16(20)22-2/h4-9H,3,11H2,1-2H3. The average Bonchev–Trinajstić information content (AvgIpc) is 2.56. The van der Waals surface area contributed by atoms with Crippen molar-refractivity contribution in [3.05, 3.63) is 57.9 Å². The minimum atomic E-state index is -0.538. The molecule has 0 amide bonds. The van der Waals surface area contributed by atoms with Gasteiger partial charge in [-0.2, -0.15) is 5.26 Å². The van der Waals surface area contributed by atoms with Crippen LogP contribution in [0.15, 0.2) is 41.2 Å². The molecule has 112 valence electrons. The van der Waals surface area contributed by atoms with E-state index in [-0.39, 0.29) is 12.1 Å². The highest BCUT2D eigenvalue weighted by Crippen LogP contribution is 2.19. The number of ether oxygens (including phenoxy) is 1. The van der Waals surface area contributed by atoms with Gasteiger partial charge in [-0.05, 0) is 29.7 Å². The molecule has 1 aromatic heterocycles. The summed E-state index contributed by atoms with van der Waals surface area (Å²) in [4.78, 5) is 23.9. The van der Waals surface area contributed by atoms with Crippen molar-refractivity contribution in [1.82, 2.24) is 4.57 Å². The van der Waals surface area contributed by atoms with Gasteiger partial charge in [0, 0.05) is 0 Å². The second-order valence-electron chi connectivity index (χ2n) is 4.76. The number of nitrogens with zero attached hydrogens (tertiary/aromatic N) is 2. The van der Waals surface area contributed by atoms with Crippen LogP contribution in [0.5, 0.6) is 0 Å². The fraction of sp³-hybridized carbons (Fsp3) is 0.235. The van der Waals surface area contributed by atoms with Crippen molar-refractivity contribution in [2.24, 2.45) is 0 Å². The largest absolute Gasteiger partial charge is 0.468 e. The highest BCUT2D eigenvalue weighted by molar-refractivity contribution is 5.71. The first-order valence-electron chi connectivity index (χ1n) is 6.90. The van der Waals surface area contributed by atoms with Gasteiger partial charge in [-0.25, -0.2) is 0 Å². The van der Waals surface area contributed by atoms with Crippen molar-refractivity contribution in [1.29, 1.82) is 5.26 Å². The molecule has 0 saturated heterocycles. The maximum absolute atomic E-state index is 12.3. The van der Waals surface area contributed by atoms with Gasteiger partial charge in [-0.3, -0.25) is 14.2 Å². The number of hydrogen-bond acceptors (Lipinski definition) is 4. The maximum atomic E-state index is 12.3. The first-order valence-corrected chi connectivity index (χ1v) is 6.90. The Balaban J connectivity index is 2.58. The summed E-state index contributed by atoms with van der Waals surface area (Å²) in [5.41, 5.74) is 2.07. The molecule has 0 saturated carbocycles. The van der Waals surface area contributed by atoms with Gasteiger partial charge in [0.05, 0.1) is 12.8 Å². The third kappa shape index (κ3) is 3.07. The molecule has 2 aromatic rings. The van der Waals surface area contributed by atoms with Gasteiger partial charge < -0.3 is 4.74 Å². The average molecular weight is 296 g/mol. The monoisotopic (exact) mass is 296 g/mol. The van der Waals surface area contributed by atoms with Crippen LogP contribution in [0.2, 0.25) is 0 Å². The summed E-state index contributed by atoms with van der Waals surface area (Å²) in [5.74, 6) is -0.538. The van der Waals surface area contributed by atoms with E-state index in [4.69, 9.17) is 5.26 Å². The summed E-state index contributed by atoms with van der Waals surface area (Å²) in [6.45, 7) is 1.83. The Morgan fingerprint density at radius 1 is 1.23 bits per heavy atom. The number of aryl methyl sites for hydroxylation is 1. The second kappa shape index (κ2) is 6.72. The first-order chi connectivity index (χ1) is 10.6. The Hall–Kier alpha value is -2.87. The summed E-state index contributed by atoms with van der Waals surface area (Å²) in [6, 6.07) is 12.7. The quantitative estimate of drug-likeness (QED) is 0.810. The van der Waals surface area contributed by atoms with Gasteiger partial charge >= 0.3 is 5.97 Å². The van der Waals surface area contributed by atoms with E-state index in [0.717, 1.165) is 12.0 Å². The lowest BCUT2D eigenvalue weighted by Crippen LogP contribution is -2.28. The van der Waals surface area contributed by atoms with Crippen molar-refractivity contribution in [3.63, 3.8) is 0 Å². The lowest BCUT2D eigenvalue weighted by molar-refractivity contribution is -0.141. The molecule has 2 rings (SSSR count). The molecule has 0 spiro atoms. The molecule has 0 bridgehead atoms. The van der Waals surface area contributed by atoms with Crippen LogP contribution in [0.3, 0.4) is 0 Å². The van der Waals surface area contributed by atoms with Crippen LogP contribution in [0.4, 0.5) is 0 Å². The van der Waals surface area contributed by atoms with E-state index in [0.29, 0.717) is 5.69 Å². The Kier molecular flexibility index (Phi) is 4.74. The minimum absolute atomic E-state index is 0.00201. The number of pyridine rings is 1. The fourth-order valence-corrected chi connectivity index (χ4v) is 2.18. The molecule has 0 fully saturated rings. The van der Waals surface area contributed by atoms with Crippen LogP contribution in [-0.2, 0) is 22.5 Å². The van der Waals surface area contributed by atoms with E-state index < -0.39 is 11.5 Å². The van der Waals surface area contributed by atoms with Gasteiger partial charge in [0.1, 0.15) is 18.2 Å². The van der Waals surface area contributed by atoms with Gasteiger partial charge in [0.15, 0.2) is 0 Å². The molecule has 0 radical (unpaired) electrons. The van der Waals surface area contributed by atoms with Crippen LogP contribution in [0.1, 0.15) is 18.1 Å². The SMILES string of the molecule is CCc1ccc(-c2ccc(C#N)c(=O)n2CC(=O)OC)cc1. The van der Waals surface area contributed by atoms with Crippen molar-refractivity contribution < 1.29 is 9.53 Å². The molecule has 0 aliphatic rings. The van der Waals surface area contributed by atoms with Crippen LogP contribution in [-0.4, -0.2) is 17.6 Å². The summed E-state index contributed by atoms with van der Waals surface area (Å²) in [5, 5.41) is 8.98. The van der Waals surface area contributed by atoms with E-state index in [1.807, 2.05) is 30.3 Å². The lowest BCUT2D eigenvalue weighted by Gasteiger charge is -2.12. The van der Waals surface area contributed by atoms with Crippen molar-refractivity contribution in [2.75, 3.05) is 7.11 Å². The highest BCUT2D eigenvalue weighted by atomic mass is 16.5. The van der Waals surface area contributed by atoms with Crippen molar-refractivity contribution >= 4 is 5.97 Å². The molecule has 0 atom stereocenters. The normalized spacial score (nSPS) is 10.0. The van der Waals surface area contributed by atoms with Crippen LogP contribution >= 0.6 is 0 Å². The lowest BCUT2D eigenvalue weighted by atomic mass is 10.1. The molecular weight excluding hydrogens is 280 g/mol. The molecule has 22 heavy (non-hydrogen) atoms. The number of hydrogen-bond donors (Lipinski definition) is 0. The van der Waals surface area contributed by atoms with Crippen LogP contribution in [0, 0.1) is 11.3 Å². The van der Waals surface area contributed by atoms with E-state index in [2.05, 4.69) is 11.7 Å². The Labute approximate surface area is 128 Å². The number of nitriles is 1. The molecule has 5 heteroatoms. The minimum Gasteiger partial charge on any atom is -0.468 e. The summed E-state index contributed by atoms with van der Waals surface area (Å²) < 4.78 is 5.90. The smallest absolute Gasteiger partial charge is 0.325 e. The zero-order valence-electron chi connectivity index (χ0n) is 12.5. The number of rotatable bonds is 4. The Morgan fingerprint density at radius 2 is 1.91 bits per heavy atom. The number of methoxy groups -OCH3 is 1. The summed E-state index contributed by atoms with van der Waals surface area (Å²) >= 11 is 0. The van der Waals surface area contributed by atoms with Crippen molar-refractivity contribution in [2.45, 2.75) is 19.9 Å². The van der Waals surface area contributed by atoms with Crippen LogP contribution < -0.4 is 5.56 Å². The number of carbonyl (C=O) groups is 1. The number of aromatic nitrogens is 1. The Morgan fingerprint density at radius 3 is 2.45 bits per heavy atom. The molecule has 0 aliphatic heterocycles. The van der Waals surface area contributed by atoms with Gasteiger partial charge in [0.2, 0.25) is 0 Å². The van der Waals surface area contributed by atoms with Gasteiger partial charge in [-0.1, -0.05) is 31.2 Å². The summed E-state index contributed by atoms with van der Waals surface area (Å²) in [6.07, 6.45) is 0.919. The van der Waals surface area contributed by atoms with Gasteiger partial charge in [-0.15, -0.1) is 0 Å². The van der Waals surface area contributed by atoms with E-state index >= 15 is 0 Å². The number of esters is 1. The fourth-order valence-electron chi connectivity index (χ4n) is 2.18. The van der Waals surface area contributed by atoms with E-state index in [1.54, 1.807) is 6.07 Å². The van der Waals surface area contributed by atoms with Crippen molar-refractivity contribution in [3.8, 4) is 17.3 Å². The van der Waals surface area contributed by atoms with Gasteiger partial charge in [0.25, 0.3) is 5.56 Å². The van der Waals surface area contributed by atoms with E-state index in [9.17, 15) is 9.59 Å². The molecule has 0 aliphatic carbocycles. The molecule has 1 heterocycles. The molecule has 5 nitrogen and oxygen atoms in total. The van der Waals surface area contributed by atoms with Crippen LogP contribution in [0.25, 0.3) is 11.3 Å². The second-order valence-corrected chi connectivity index (χ2v) is 4.76. The zero-order chi connectivity index (χ0) is 16.1. The number of benzene rings is 1. The molecular formula is C17H16N2O3. The molecule has 0 N–H and O–H groups in total. The highest BCUT2D eigenvalue weighted by Gasteiger charge is 2.13. The predicted octanol–water partition coefficient (Wildman–Crippen LogP) is 2.12. The van der Waals surface area contributed by atoms with E-state index in [1.165, 1.54) is 23.3 Å². The number of carbonyl (C=O) groups excluding carboxylic acids is 1. The first kappa shape index (κ1) is 15.5. The third-order valence-electron chi connectivity index (χ3n) is 3.47. The topological polar surface area (TPSA) is 72.1 Å². The summed E-state index contributed by atoms with van der Waals surface area (Å²) in [7, 11) is 1.26. The molecule has 0 unspecified atom stereocenters. The maximum Gasteiger partial charge on any atom is 0.325 e. The third-order valence-corrected chi connectivity index (χ3v) is 3.47. The zero-order valence-corrected chi connectivity index (χ0v) is 12.5. The predicted molar refractivity (Wildman–Crippen MR) is 82.2 cm³/mol. The Bertz CT molecular complexity index is 783. The molecule has 1 aromatic carbocycles.